The first-order chi connectivity index (χ1) is 18.0. The molecule has 1 aromatic carbocycles. The minimum absolute atomic E-state index is 0.0327. The first-order valence-electron chi connectivity index (χ1n) is 12.1. The second kappa shape index (κ2) is 10.6. The van der Waals surface area contributed by atoms with E-state index in [-0.39, 0.29) is 17.4 Å². The monoisotopic (exact) mass is 523 g/mol. The van der Waals surface area contributed by atoms with E-state index in [4.69, 9.17) is 14.2 Å². The number of benzene rings is 1. The molecule has 0 radical (unpaired) electrons. The lowest BCUT2D eigenvalue weighted by molar-refractivity contribution is -0.175. The Kier molecular flexibility index (Phi) is 7.49. The van der Waals surface area contributed by atoms with Gasteiger partial charge in [0.2, 0.25) is 12.7 Å². The largest absolute Gasteiger partial charge is 0.427 e. The number of aliphatic hydroxyl groups excluding tert-OH is 1. The molecule has 3 atom stereocenters. The van der Waals surface area contributed by atoms with Gasteiger partial charge in [0.15, 0.2) is 0 Å². The third-order valence-electron chi connectivity index (χ3n) is 6.22. The number of ether oxygens (including phenoxy) is 3. The van der Waals surface area contributed by atoms with E-state index in [0.717, 1.165) is 0 Å². The molecule has 0 unspecified atom stereocenters. The highest BCUT2D eigenvalue weighted by atomic mass is 16.7. The third-order valence-corrected chi connectivity index (χ3v) is 6.22. The Hall–Kier alpha value is -4.25. The average molecular weight is 524 g/mol. The van der Waals surface area contributed by atoms with Crippen molar-refractivity contribution in [3.05, 3.63) is 59.9 Å². The molecule has 11 nitrogen and oxygen atoms in total. The summed E-state index contributed by atoms with van der Waals surface area (Å²) >= 11 is 0. The van der Waals surface area contributed by atoms with Crippen LogP contribution in [-0.4, -0.2) is 57.9 Å². The number of aromatic nitrogens is 1. The maximum atomic E-state index is 13.0. The Balaban J connectivity index is 1.51. The predicted octanol–water partition coefficient (Wildman–Crippen LogP) is 3.11. The maximum Gasteiger partial charge on any atom is 0.418 e. The van der Waals surface area contributed by atoms with Crippen LogP contribution in [0.1, 0.15) is 39.7 Å². The van der Waals surface area contributed by atoms with Gasteiger partial charge in [-0.1, -0.05) is 18.2 Å². The van der Waals surface area contributed by atoms with Crippen LogP contribution in [0.15, 0.2) is 54.4 Å². The molecule has 2 aliphatic heterocycles. The van der Waals surface area contributed by atoms with Crippen molar-refractivity contribution in [2.75, 3.05) is 12.1 Å². The highest BCUT2D eigenvalue weighted by Gasteiger charge is 2.57. The summed E-state index contributed by atoms with van der Waals surface area (Å²) in [5, 5.41) is 12.6. The number of pyridine rings is 1. The molecule has 0 saturated carbocycles. The number of anilines is 1. The lowest BCUT2D eigenvalue weighted by Gasteiger charge is -2.44. The Morgan fingerprint density at radius 3 is 2.45 bits per heavy atom. The Bertz CT molecular complexity index is 1270. The van der Waals surface area contributed by atoms with E-state index in [9.17, 15) is 24.3 Å². The van der Waals surface area contributed by atoms with Crippen LogP contribution in [0.5, 0.6) is 5.75 Å². The molecule has 1 saturated heterocycles. The topological polar surface area (TPSA) is 144 Å². The molecule has 1 fully saturated rings. The van der Waals surface area contributed by atoms with Gasteiger partial charge < -0.3 is 24.2 Å². The molecule has 0 bridgehead atoms. The first kappa shape index (κ1) is 26.8. The van der Waals surface area contributed by atoms with Gasteiger partial charge in [0, 0.05) is 6.20 Å². The predicted molar refractivity (Wildman–Crippen MR) is 134 cm³/mol. The standard InChI is InChI=1S/C27H29N3O8/c1-15(31)21-19-13-18(22(30(19)23(21)32)24(33)36-14-37-25(34)27(2,3)4)16-8-10-17(11-9-16)38-26(35)29-20-7-5-6-12-28-20/h5-12,15,19,21,31H,13-14H2,1-4H3,(H,28,29,35)/t15-,19-,21-/m1/s1. The fourth-order valence-corrected chi connectivity index (χ4v) is 4.34. The third kappa shape index (κ3) is 5.52. The van der Waals surface area contributed by atoms with Crippen molar-refractivity contribution >= 4 is 35.3 Å². The Morgan fingerprint density at radius 2 is 1.84 bits per heavy atom. The molecule has 2 aromatic rings. The van der Waals surface area contributed by atoms with E-state index in [2.05, 4.69) is 10.3 Å². The summed E-state index contributed by atoms with van der Waals surface area (Å²) < 4.78 is 15.5. The summed E-state index contributed by atoms with van der Waals surface area (Å²) in [5.74, 6) is -1.81. The average Bonchev–Trinajstić information content (AvgIpc) is 3.19. The quantitative estimate of drug-likeness (QED) is 0.318. The second-order valence-corrected chi connectivity index (χ2v) is 10.1. The van der Waals surface area contributed by atoms with Crippen molar-refractivity contribution in [1.29, 1.82) is 0 Å². The van der Waals surface area contributed by atoms with E-state index in [1.807, 2.05) is 0 Å². The van der Waals surface area contributed by atoms with Gasteiger partial charge >= 0.3 is 18.0 Å². The van der Waals surface area contributed by atoms with Crippen molar-refractivity contribution in [1.82, 2.24) is 9.88 Å². The van der Waals surface area contributed by atoms with Crippen LogP contribution in [-0.2, 0) is 23.9 Å². The zero-order valence-corrected chi connectivity index (χ0v) is 21.5. The summed E-state index contributed by atoms with van der Waals surface area (Å²) in [6.07, 6.45) is 0.238. The van der Waals surface area contributed by atoms with Gasteiger partial charge in [0.25, 0.3) is 0 Å². The van der Waals surface area contributed by atoms with Crippen LogP contribution in [0.3, 0.4) is 0 Å². The molecule has 0 spiro atoms. The van der Waals surface area contributed by atoms with Crippen molar-refractivity contribution < 1.29 is 38.5 Å². The fraction of sp³-hybridized carbons (Fsp3) is 0.370. The number of nitrogens with one attached hydrogen (secondary N) is 1. The number of esters is 2. The van der Waals surface area contributed by atoms with Gasteiger partial charge in [-0.3, -0.25) is 14.9 Å². The van der Waals surface area contributed by atoms with E-state index in [1.54, 1.807) is 63.2 Å². The number of carbonyl (C=O) groups is 4. The molecule has 1 aromatic heterocycles. The number of β-lactam (4-membered cyclic amide) rings is 1. The summed E-state index contributed by atoms with van der Waals surface area (Å²) in [7, 11) is 0. The highest BCUT2D eigenvalue weighted by molar-refractivity contribution is 6.06. The minimum atomic E-state index is -0.887. The number of hydrogen-bond donors (Lipinski definition) is 2. The van der Waals surface area contributed by atoms with Crippen LogP contribution < -0.4 is 10.1 Å². The van der Waals surface area contributed by atoms with E-state index < -0.39 is 48.3 Å². The molecular weight excluding hydrogens is 494 g/mol. The molecule has 11 heteroatoms. The molecule has 2 aliphatic rings. The second-order valence-electron chi connectivity index (χ2n) is 10.1. The molecule has 2 N–H and O–H groups in total. The van der Waals surface area contributed by atoms with Crippen molar-refractivity contribution in [2.45, 2.75) is 46.3 Å². The van der Waals surface area contributed by atoms with Gasteiger partial charge in [-0.05, 0) is 69.5 Å². The van der Waals surface area contributed by atoms with Crippen LogP contribution >= 0.6 is 0 Å². The summed E-state index contributed by atoms with van der Waals surface area (Å²) in [6, 6.07) is 11.1. The summed E-state index contributed by atoms with van der Waals surface area (Å²) in [5.41, 5.74) is 0.395. The van der Waals surface area contributed by atoms with Gasteiger partial charge in [-0.15, -0.1) is 0 Å². The first-order valence-corrected chi connectivity index (χ1v) is 12.1. The van der Waals surface area contributed by atoms with Gasteiger partial charge in [0.05, 0.1) is 23.5 Å². The van der Waals surface area contributed by atoms with Crippen molar-refractivity contribution in [3.8, 4) is 5.75 Å². The number of aliphatic hydroxyl groups is 1. The van der Waals surface area contributed by atoms with E-state index >= 15 is 0 Å². The lowest BCUT2D eigenvalue weighted by atomic mass is 9.82. The molecular formula is C27H29N3O8. The number of hydrogen-bond acceptors (Lipinski definition) is 9. The van der Waals surface area contributed by atoms with E-state index in [1.165, 1.54) is 18.0 Å². The molecule has 3 heterocycles. The number of amides is 2. The number of rotatable bonds is 7. The van der Waals surface area contributed by atoms with Crippen molar-refractivity contribution in [3.63, 3.8) is 0 Å². The van der Waals surface area contributed by atoms with E-state index in [0.29, 0.717) is 23.4 Å². The SMILES string of the molecule is C[C@@H](O)[C@H]1C(=O)N2C(C(=O)OCOC(=O)C(C)(C)C)=C(c3ccc(OC(=O)Nc4ccccn4)cc3)C[C@H]12. The number of carbonyl (C=O) groups excluding carboxylic acids is 4. The Labute approximate surface area is 219 Å². The molecule has 0 aliphatic carbocycles. The zero-order chi connectivity index (χ0) is 27.6. The fourth-order valence-electron chi connectivity index (χ4n) is 4.34. The maximum absolute atomic E-state index is 13.0. The summed E-state index contributed by atoms with van der Waals surface area (Å²) in [4.78, 5) is 55.3. The van der Waals surface area contributed by atoms with Crippen LogP contribution in [0.4, 0.5) is 10.6 Å². The van der Waals surface area contributed by atoms with Crippen LogP contribution in [0, 0.1) is 11.3 Å². The smallest absolute Gasteiger partial charge is 0.418 e. The molecule has 200 valence electrons. The van der Waals surface area contributed by atoms with Crippen LogP contribution in [0.25, 0.3) is 5.57 Å². The molecule has 2 amide bonds. The normalized spacial score (nSPS) is 19.3. The number of fused-ring (bicyclic) bond motifs is 1. The lowest BCUT2D eigenvalue weighted by Crippen LogP contribution is -2.61. The molecule has 38 heavy (non-hydrogen) atoms. The van der Waals surface area contributed by atoms with Gasteiger partial charge in [-0.2, -0.15) is 0 Å². The number of nitrogens with zero attached hydrogens (tertiary/aromatic N) is 2. The molecule has 4 rings (SSSR count). The highest BCUT2D eigenvalue weighted by Crippen LogP contribution is 2.47. The summed E-state index contributed by atoms with van der Waals surface area (Å²) in [6.45, 7) is 5.94. The zero-order valence-electron chi connectivity index (χ0n) is 21.5. The Morgan fingerprint density at radius 1 is 1.13 bits per heavy atom. The van der Waals surface area contributed by atoms with Gasteiger partial charge in [0.1, 0.15) is 17.3 Å². The van der Waals surface area contributed by atoms with Crippen LogP contribution in [0.2, 0.25) is 0 Å². The van der Waals surface area contributed by atoms with Crippen molar-refractivity contribution in [2.24, 2.45) is 11.3 Å². The van der Waals surface area contributed by atoms with Gasteiger partial charge in [-0.25, -0.2) is 14.6 Å². The minimum Gasteiger partial charge on any atom is -0.427 e.